The minimum Gasteiger partial charge on any atom is -0.355 e. The summed E-state index contributed by atoms with van der Waals surface area (Å²) < 4.78 is 5.05. The maximum atomic E-state index is 12.4. The van der Waals surface area contributed by atoms with Gasteiger partial charge in [0.25, 0.3) is 0 Å². The first-order valence-electron chi connectivity index (χ1n) is 9.07. The maximum absolute atomic E-state index is 12.4. The van der Waals surface area contributed by atoms with Crippen molar-refractivity contribution in [3.05, 3.63) is 54.2 Å². The van der Waals surface area contributed by atoms with Crippen LogP contribution in [0.3, 0.4) is 0 Å². The van der Waals surface area contributed by atoms with E-state index in [1.807, 2.05) is 49.4 Å². The van der Waals surface area contributed by atoms with Crippen LogP contribution in [0.5, 0.6) is 0 Å². The van der Waals surface area contributed by atoms with Crippen LogP contribution < -0.4 is 10.2 Å². The fourth-order valence-corrected chi connectivity index (χ4v) is 3.27. The highest BCUT2D eigenvalue weighted by Gasteiger charge is 2.26. The summed E-state index contributed by atoms with van der Waals surface area (Å²) in [6.07, 6.45) is 1.53. The molecule has 4 rings (SSSR count). The third-order valence-corrected chi connectivity index (χ3v) is 4.78. The van der Waals surface area contributed by atoms with Crippen LogP contribution in [0.4, 0.5) is 11.7 Å². The van der Waals surface area contributed by atoms with Gasteiger partial charge in [-0.25, -0.2) is 0 Å². The van der Waals surface area contributed by atoms with E-state index in [4.69, 9.17) is 4.52 Å². The molecule has 3 aromatic rings. The van der Waals surface area contributed by atoms with Gasteiger partial charge in [0.15, 0.2) is 5.82 Å². The number of anilines is 2. The molecule has 138 valence electrons. The van der Waals surface area contributed by atoms with E-state index in [-0.39, 0.29) is 11.8 Å². The molecule has 0 aliphatic carbocycles. The molecule has 0 spiro atoms. The van der Waals surface area contributed by atoms with Crippen molar-refractivity contribution < 1.29 is 9.32 Å². The SMILES string of the molecule is Cc1cc(NC(=O)C2CCN(c3ccc(-c4ccccc4)nn3)CC2)on1. The minimum atomic E-state index is -0.0387. The average molecular weight is 363 g/mol. The summed E-state index contributed by atoms with van der Waals surface area (Å²) in [6, 6.07) is 15.7. The van der Waals surface area contributed by atoms with Crippen LogP contribution in [0.15, 0.2) is 53.1 Å². The number of hydrogen-bond acceptors (Lipinski definition) is 6. The van der Waals surface area contributed by atoms with Gasteiger partial charge in [0.1, 0.15) is 0 Å². The van der Waals surface area contributed by atoms with Crippen LogP contribution in [-0.4, -0.2) is 34.4 Å². The molecule has 1 aliphatic heterocycles. The molecule has 2 aromatic heterocycles. The topological polar surface area (TPSA) is 84.2 Å². The fourth-order valence-electron chi connectivity index (χ4n) is 3.27. The van der Waals surface area contributed by atoms with E-state index in [0.717, 1.165) is 48.7 Å². The number of piperidine rings is 1. The van der Waals surface area contributed by atoms with E-state index in [0.29, 0.717) is 5.88 Å². The van der Waals surface area contributed by atoms with E-state index in [2.05, 4.69) is 25.6 Å². The molecule has 1 aliphatic rings. The summed E-state index contributed by atoms with van der Waals surface area (Å²) in [4.78, 5) is 14.5. The van der Waals surface area contributed by atoms with E-state index in [9.17, 15) is 4.79 Å². The number of nitrogens with one attached hydrogen (secondary N) is 1. The standard InChI is InChI=1S/C20H21N5O2/c1-14-13-19(27-24-14)21-20(26)16-9-11-25(12-10-16)18-8-7-17(22-23-18)15-5-3-2-4-6-15/h2-8,13,16H,9-12H2,1H3,(H,21,26). The first kappa shape index (κ1) is 17.2. The van der Waals surface area contributed by atoms with E-state index >= 15 is 0 Å². The number of rotatable bonds is 4. The molecule has 0 saturated carbocycles. The van der Waals surface area contributed by atoms with Gasteiger partial charge in [-0.1, -0.05) is 35.5 Å². The zero-order valence-electron chi connectivity index (χ0n) is 15.1. The molecule has 1 fully saturated rings. The lowest BCUT2D eigenvalue weighted by atomic mass is 9.96. The Morgan fingerprint density at radius 1 is 1.11 bits per heavy atom. The second-order valence-electron chi connectivity index (χ2n) is 6.73. The van der Waals surface area contributed by atoms with Crippen molar-refractivity contribution in [3.8, 4) is 11.3 Å². The first-order valence-corrected chi connectivity index (χ1v) is 9.07. The Kier molecular flexibility index (Phi) is 4.82. The molecule has 27 heavy (non-hydrogen) atoms. The second-order valence-corrected chi connectivity index (χ2v) is 6.73. The molecular weight excluding hydrogens is 342 g/mol. The highest BCUT2D eigenvalue weighted by Crippen LogP contribution is 2.24. The van der Waals surface area contributed by atoms with E-state index < -0.39 is 0 Å². The van der Waals surface area contributed by atoms with Gasteiger partial charge < -0.3 is 9.42 Å². The number of carbonyl (C=O) groups is 1. The summed E-state index contributed by atoms with van der Waals surface area (Å²) in [7, 11) is 0. The molecule has 0 bridgehead atoms. The van der Waals surface area contributed by atoms with Gasteiger partial charge in [-0.2, -0.15) is 0 Å². The van der Waals surface area contributed by atoms with Gasteiger partial charge in [0, 0.05) is 30.6 Å². The van der Waals surface area contributed by atoms with Crippen LogP contribution in [0.1, 0.15) is 18.5 Å². The Labute approximate surface area is 157 Å². The lowest BCUT2D eigenvalue weighted by molar-refractivity contribution is -0.120. The minimum absolute atomic E-state index is 0.0173. The quantitative estimate of drug-likeness (QED) is 0.766. The summed E-state index contributed by atoms with van der Waals surface area (Å²) in [5.41, 5.74) is 2.66. The number of amides is 1. The number of aromatic nitrogens is 3. The average Bonchev–Trinajstić information content (AvgIpc) is 3.13. The molecule has 1 aromatic carbocycles. The molecule has 0 radical (unpaired) electrons. The van der Waals surface area contributed by atoms with Crippen molar-refractivity contribution in [2.45, 2.75) is 19.8 Å². The van der Waals surface area contributed by atoms with Crippen LogP contribution in [0, 0.1) is 12.8 Å². The van der Waals surface area contributed by atoms with Crippen molar-refractivity contribution in [1.82, 2.24) is 15.4 Å². The second kappa shape index (κ2) is 7.57. The third kappa shape index (κ3) is 3.97. The summed E-state index contributed by atoms with van der Waals surface area (Å²) in [5, 5.41) is 15.3. The Morgan fingerprint density at radius 2 is 1.89 bits per heavy atom. The lowest BCUT2D eigenvalue weighted by Gasteiger charge is -2.31. The van der Waals surface area contributed by atoms with Crippen molar-refractivity contribution in [1.29, 1.82) is 0 Å². The lowest BCUT2D eigenvalue weighted by Crippen LogP contribution is -2.38. The summed E-state index contributed by atoms with van der Waals surface area (Å²) in [5.74, 6) is 1.20. The highest BCUT2D eigenvalue weighted by molar-refractivity contribution is 5.91. The van der Waals surface area contributed by atoms with Crippen molar-refractivity contribution in [3.63, 3.8) is 0 Å². The Bertz CT molecular complexity index is 900. The molecule has 1 amide bonds. The van der Waals surface area contributed by atoms with E-state index in [1.54, 1.807) is 6.07 Å². The number of carbonyl (C=O) groups excluding carboxylic acids is 1. The molecule has 1 N–H and O–H groups in total. The Morgan fingerprint density at radius 3 is 2.52 bits per heavy atom. The van der Waals surface area contributed by atoms with Crippen LogP contribution in [-0.2, 0) is 4.79 Å². The van der Waals surface area contributed by atoms with Gasteiger partial charge >= 0.3 is 0 Å². The zero-order chi connectivity index (χ0) is 18.6. The van der Waals surface area contributed by atoms with Crippen LogP contribution in [0.25, 0.3) is 11.3 Å². The zero-order valence-corrected chi connectivity index (χ0v) is 15.1. The first-order chi connectivity index (χ1) is 13.2. The summed E-state index contributed by atoms with van der Waals surface area (Å²) >= 11 is 0. The largest absolute Gasteiger partial charge is 0.355 e. The molecular formula is C20H21N5O2. The summed E-state index contributed by atoms with van der Waals surface area (Å²) in [6.45, 7) is 3.36. The fraction of sp³-hybridized carbons (Fsp3) is 0.300. The molecule has 3 heterocycles. The normalized spacial score (nSPS) is 14.9. The van der Waals surface area contributed by atoms with E-state index in [1.165, 1.54) is 0 Å². The van der Waals surface area contributed by atoms with Crippen molar-refractivity contribution in [2.24, 2.45) is 5.92 Å². The highest BCUT2D eigenvalue weighted by atomic mass is 16.5. The number of nitrogens with zero attached hydrogens (tertiary/aromatic N) is 4. The maximum Gasteiger partial charge on any atom is 0.231 e. The van der Waals surface area contributed by atoms with Gasteiger partial charge in [0.2, 0.25) is 11.8 Å². The van der Waals surface area contributed by atoms with Gasteiger partial charge in [-0.3, -0.25) is 10.1 Å². The molecule has 7 heteroatoms. The molecule has 0 atom stereocenters. The van der Waals surface area contributed by atoms with Gasteiger partial charge in [-0.05, 0) is 31.9 Å². The van der Waals surface area contributed by atoms with Crippen LogP contribution >= 0.6 is 0 Å². The number of aryl methyl sites for hydroxylation is 1. The molecule has 0 unspecified atom stereocenters. The monoisotopic (exact) mass is 363 g/mol. The Balaban J connectivity index is 1.34. The Hall–Kier alpha value is -3.22. The predicted molar refractivity (Wildman–Crippen MR) is 102 cm³/mol. The molecule has 7 nitrogen and oxygen atoms in total. The third-order valence-electron chi connectivity index (χ3n) is 4.78. The predicted octanol–water partition coefficient (Wildman–Crippen LogP) is 3.30. The molecule has 1 saturated heterocycles. The van der Waals surface area contributed by atoms with Crippen molar-refractivity contribution in [2.75, 3.05) is 23.3 Å². The van der Waals surface area contributed by atoms with Crippen molar-refractivity contribution >= 4 is 17.6 Å². The number of hydrogen-bond donors (Lipinski definition) is 1. The van der Waals surface area contributed by atoms with Gasteiger partial charge in [-0.15, -0.1) is 10.2 Å². The van der Waals surface area contributed by atoms with Crippen LogP contribution in [0.2, 0.25) is 0 Å². The van der Waals surface area contributed by atoms with Gasteiger partial charge in [0.05, 0.1) is 11.4 Å². The smallest absolute Gasteiger partial charge is 0.231 e. The number of benzene rings is 1.